The molecule has 1 aliphatic carbocycles. The summed E-state index contributed by atoms with van der Waals surface area (Å²) >= 11 is 0. The van der Waals surface area contributed by atoms with E-state index in [0.717, 1.165) is 23.2 Å². The van der Waals surface area contributed by atoms with Gasteiger partial charge in [0, 0.05) is 19.5 Å². The van der Waals surface area contributed by atoms with Gasteiger partial charge in [-0.3, -0.25) is 13.9 Å². The zero-order valence-electron chi connectivity index (χ0n) is 14.9. The molecule has 1 radical (unpaired) electrons. The number of allylic oxidation sites excluding steroid dienone is 3. The molecule has 2 aromatic rings. The molecule has 2 heterocycles. The monoisotopic (exact) mass is 351 g/mol. The average molecular weight is 351 g/mol. The molecule has 26 heavy (non-hydrogen) atoms. The van der Waals surface area contributed by atoms with Crippen molar-refractivity contribution in [3.8, 4) is 0 Å². The van der Waals surface area contributed by atoms with Gasteiger partial charge in [0.1, 0.15) is 5.70 Å². The van der Waals surface area contributed by atoms with Crippen molar-refractivity contribution in [1.29, 1.82) is 0 Å². The quantitative estimate of drug-likeness (QED) is 0.864. The molecule has 1 aromatic carbocycles. The molecule has 2 unspecified atom stereocenters. The van der Waals surface area contributed by atoms with Gasteiger partial charge in [0.05, 0.1) is 22.9 Å². The van der Waals surface area contributed by atoms with E-state index in [2.05, 4.69) is 17.6 Å². The second kappa shape index (κ2) is 6.52. The van der Waals surface area contributed by atoms with Crippen molar-refractivity contribution in [2.24, 2.45) is 5.92 Å². The molecule has 6 nitrogen and oxygen atoms in total. The van der Waals surface area contributed by atoms with Crippen LogP contribution in [0.25, 0.3) is 11.0 Å². The van der Waals surface area contributed by atoms with Crippen molar-refractivity contribution in [2.45, 2.75) is 39.0 Å². The number of fused-ring (bicyclic) bond motifs is 1. The molecule has 0 saturated carbocycles. The van der Waals surface area contributed by atoms with Gasteiger partial charge in [-0.15, -0.1) is 0 Å². The molecule has 0 bridgehead atoms. The summed E-state index contributed by atoms with van der Waals surface area (Å²) in [5.41, 5.74) is 3.44. The zero-order chi connectivity index (χ0) is 18.3. The van der Waals surface area contributed by atoms with E-state index in [4.69, 9.17) is 0 Å². The number of aromatic nitrogens is 2. The predicted octanol–water partition coefficient (Wildman–Crippen LogP) is 1.92. The van der Waals surface area contributed by atoms with E-state index in [-0.39, 0.29) is 23.6 Å². The summed E-state index contributed by atoms with van der Waals surface area (Å²) in [6.07, 6.45) is 4.88. The Hall–Kier alpha value is -2.76. The standard InChI is InChI=1S/C20H23N4O2/c1-3-23-15-8-4-5-9-16(15)24(20(23)26)12-11-13(2)19-21-14-7-6-10-17(25)18(14)22-19/h4-9,13,19,21-22H,2-3,10-12H2,1H3. The van der Waals surface area contributed by atoms with Crippen LogP contribution in [0.1, 0.15) is 19.8 Å². The van der Waals surface area contributed by atoms with E-state index in [1.54, 1.807) is 4.57 Å². The van der Waals surface area contributed by atoms with Crippen LogP contribution < -0.4 is 16.3 Å². The molecule has 2 N–H and O–H groups in total. The number of ketones is 1. The maximum Gasteiger partial charge on any atom is 0.329 e. The minimum Gasteiger partial charge on any atom is -0.363 e. The van der Waals surface area contributed by atoms with E-state index in [0.29, 0.717) is 25.2 Å². The minimum absolute atomic E-state index is 0.0115. The van der Waals surface area contributed by atoms with Gasteiger partial charge in [0.15, 0.2) is 5.78 Å². The van der Waals surface area contributed by atoms with Crippen LogP contribution in [0, 0.1) is 12.8 Å². The van der Waals surface area contributed by atoms with Crippen LogP contribution in [-0.2, 0) is 17.9 Å². The maximum absolute atomic E-state index is 12.7. The molecule has 0 spiro atoms. The van der Waals surface area contributed by atoms with Crippen molar-refractivity contribution in [2.75, 3.05) is 0 Å². The smallest absolute Gasteiger partial charge is 0.329 e. The molecule has 2 atom stereocenters. The Bertz CT molecular complexity index is 979. The summed E-state index contributed by atoms with van der Waals surface area (Å²) in [6.45, 7) is 7.47. The van der Waals surface area contributed by atoms with Crippen LogP contribution in [0.15, 0.2) is 52.6 Å². The van der Waals surface area contributed by atoms with E-state index >= 15 is 0 Å². The van der Waals surface area contributed by atoms with Crippen LogP contribution in [0.5, 0.6) is 0 Å². The van der Waals surface area contributed by atoms with E-state index in [1.165, 1.54) is 0 Å². The summed E-state index contributed by atoms with van der Waals surface area (Å²) < 4.78 is 3.62. The van der Waals surface area contributed by atoms with Crippen LogP contribution in [0.2, 0.25) is 0 Å². The molecule has 135 valence electrons. The second-order valence-electron chi connectivity index (χ2n) is 6.80. The summed E-state index contributed by atoms with van der Waals surface area (Å²) in [5, 5.41) is 6.59. The number of aryl methyl sites for hydroxylation is 2. The molecule has 2 aliphatic rings. The van der Waals surface area contributed by atoms with Gasteiger partial charge in [-0.1, -0.05) is 18.2 Å². The Kier molecular flexibility index (Phi) is 4.18. The topological polar surface area (TPSA) is 68.1 Å². The lowest BCUT2D eigenvalue weighted by atomic mass is 10.0. The summed E-state index contributed by atoms with van der Waals surface area (Å²) in [4.78, 5) is 24.7. The van der Waals surface area contributed by atoms with Crippen molar-refractivity contribution >= 4 is 16.8 Å². The first kappa shape index (κ1) is 16.7. The number of nitrogens with zero attached hydrogens (tertiary/aromatic N) is 2. The van der Waals surface area contributed by atoms with Crippen LogP contribution in [0.4, 0.5) is 0 Å². The minimum atomic E-state index is -0.0954. The number of carbonyl (C=O) groups is 1. The van der Waals surface area contributed by atoms with Gasteiger partial charge in [-0.25, -0.2) is 4.79 Å². The number of para-hydroxylation sites is 2. The number of Topliss-reactive ketones (excluding diaryl/α,β-unsaturated/α-hetero) is 1. The lowest BCUT2D eigenvalue weighted by Crippen LogP contribution is -2.40. The van der Waals surface area contributed by atoms with Gasteiger partial charge < -0.3 is 10.6 Å². The summed E-state index contributed by atoms with van der Waals surface area (Å²) in [5.74, 6) is 0.115. The number of benzene rings is 1. The third kappa shape index (κ3) is 2.66. The fourth-order valence-corrected chi connectivity index (χ4v) is 3.75. The molecule has 0 saturated heterocycles. The SMILES string of the molecule is [CH2]C(CCn1c(=O)n(CC)c2ccccc21)C1NC2=C(N1)C(=O)CC=C2. The Morgan fingerprint density at radius 1 is 1.19 bits per heavy atom. The van der Waals surface area contributed by atoms with E-state index < -0.39 is 0 Å². The van der Waals surface area contributed by atoms with Gasteiger partial charge in [-0.05, 0) is 44.4 Å². The third-order valence-electron chi connectivity index (χ3n) is 5.18. The molecular weight excluding hydrogens is 328 g/mol. The van der Waals surface area contributed by atoms with Crippen molar-refractivity contribution in [3.63, 3.8) is 0 Å². The molecule has 0 fully saturated rings. The molecule has 0 amide bonds. The molecule has 1 aliphatic heterocycles. The number of rotatable bonds is 5. The lowest BCUT2D eigenvalue weighted by molar-refractivity contribution is -0.115. The highest BCUT2D eigenvalue weighted by molar-refractivity contribution is 5.98. The van der Waals surface area contributed by atoms with Crippen molar-refractivity contribution in [3.05, 3.63) is 65.2 Å². The van der Waals surface area contributed by atoms with Gasteiger partial charge in [0.2, 0.25) is 0 Å². The fourth-order valence-electron chi connectivity index (χ4n) is 3.75. The summed E-state index contributed by atoms with van der Waals surface area (Å²) in [6, 6.07) is 7.87. The molecular formula is C20H23N4O2. The Labute approximate surface area is 152 Å². The molecule has 4 rings (SSSR count). The number of imidazole rings is 1. The first-order chi connectivity index (χ1) is 12.6. The summed E-state index contributed by atoms with van der Waals surface area (Å²) in [7, 11) is 0. The number of hydrogen-bond donors (Lipinski definition) is 2. The van der Waals surface area contributed by atoms with Crippen LogP contribution >= 0.6 is 0 Å². The highest BCUT2D eigenvalue weighted by Crippen LogP contribution is 2.22. The third-order valence-corrected chi connectivity index (χ3v) is 5.18. The van der Waals surface area contributed by atoms with E-state index in [9.17, 15) is 9.59 Å². The van der Waals surface area contributed by atoms with Crippen molar-refractivity contribution < 1.29 is 4.79 Å². The normalized spacial score (nSPS) is 20.2. The first-order valence-corrected chi connectivity index (χ1v) is 9.08. The number of carbonyl (C=O) groups excluding carboxylic acids is 1. The Balaban J connectivity index is 1.49. The van der Waals surface area contributed by atoms with Gasteiger partial charge in [-0.2, -0.15) is 0 Å². The first-order valence-electron chi connectivity index (χ1n) is 9.08. The fraction of sp³-hybridized carbons (Fsp3) is 0.350. The Morgan fingerprint density at radius 3 is 2.62 bits per heavy atom. The zero-order valence-corrected chi connectivity index (χ0v) is 14.9. The predicted molar refractivity (Wildman–Crippen MR) is 101 cm³/mol. The molecule has 6 heteroatoms. The number of hydrogen-bond acceptors (Lipinski definition) is 4. The second-order valence-corrected chi connectivity index (χ2v) is 6.80. The van der Waals surface area contributed by atoms with Gasteiger partial charge in [0.25, 0.3) is 0 Å². The average Bonchev–Trinajstić information content (AvgIpc) is 3.19. The maximum atomic E-state index is 12.7. The van der Waals surface area contributed by atoms with Crippen LogP contribution in [-0.4, -0.2) is 21.1 Å². The number of nitrogens with one attached hydrogen (secondary N) is 2. The van der Waals surface area contributed by atoms with E-state index in [1.807, 2.05) is 47.9 Å². The highest BCUT2D eigenvalue weighted by atomic mass is 16.1. The highest BCUT2D eigenvalue weighted by Gasteiger charge is 2.30. The largest absolute Gasteiger partial charge is 0.363 e. The van der Waals surface area contributed by atoms with Gasteiger partial charge >= 0.3 is 5.69 Å². The van der Waals surface area contributed by atoms with Crippen LogP contribution in [0.3, 0.4) is 0 Å². The van der Waals surface area contributed by atoms with Crippen molar-refractivity contribution in [1.82, 2.24) is 19.8 Å². The molecule has 1 aromatic heterocycles. The Morgan fingerprint density at radius 2 is 1.92 bits per heavy atom. The lowest BCUT2D eigenvalue weighted by Gasteiger charge is -2.21.